The molecule has 1 fully saturated rings. The largest absolute Gasteiger partial charge is 0.382 e. The highest BCUT2D eigenvalue weighted by Crippen LogP contribution is 2.34. The number of rotatable bonds is 6. The summed E-state index contributed by atoms with van der Waals surface area (Å²) in [5.41, 5.74) is 7.49. The van der Waals surface area contributed by atoms with Gasteiger partial charge in [0.2, 0.25) is 0 Å². The van der Waals surface area contributed by atoms with Crippen LogP contribution in [0.25, 0.3) is 11.0 Å². The SMILES string of the molecule is CSc1ccc(C(N)=NS(=O)(=O)c2cc(Br)c3ncn(CC4CC4)c3c2)s1. The Balaban J connectivity index is 1.74. The molecule has 0 aliphatic heterocycles. The van der Waals surface area contributed by atoms with Crippen molar-refractivity contribution in [2.75, 3.05) is 6.26 Å². The Hall–Kier alpha value is -1.36. The number of halogens is 1. The van der Waals surface area contributed by atoms with Crippen LogP contribution in [0.1, 0.15) is 17.7 Å². The molecule has 1 aliphatic carbocycles. The minimum atomic E-state index is -3.93. The van der Waals surface area contributed by atoms with Crippen LogP contribution in [0.2, 0.25) is 0 Å². The zero-order valence-electron chi connectivity index (χ0n) is 14.4. The summed E-state index contributed by atoms with van der Waals surface area (Å²) in [7, 11) is -3.93. The van der Waals surface area contributed by atoms with E-state index in [9.17, 15) is 8.42 Å². The van der Waals surface area contributed by atoms with Crippen LogP contribution >= 0.6 is 39.0 Å². The van der Waals surface area contributed by atoms with Crippen molar-refractivity contribution >= 4 is 65.9 Å². The summed E-state index contributed by atoms with van der Waals surface area (Å²) in [5.74, 6) is 0.655. The minimum absolute atomic E-state index is 0.00278. The molecule has 0 amide bonds. The second-order valence-electron chi connectivity index (χ2n) is 6.39. The molecule has 0 spiro atoms. The quantitative estimate of drug-likeness (QED) is 0.323. The van der Waals surface area contributed by atoms with Gasteiger partial charge in [-0.2, -0.15) is 8.42 Å². The highest BCUT2D eigenvalue weighted by atomic mass is 79.9. The second-order valence-corrected chi connectivity index (χ2v) is 11.0. The van der Waals surface area contributed by atoms with Gasteiger partial charge in [-0.1, -0.05) is 0 Å². The zero-order chi connectivity index (χ0) is 19.2. The van der Waals surface area contributed by atoms with Crippen molar-refractivity contribution in [2.45, 2.75) is 28.5 Å². The van der Waals surface area contributed by atoms with Crippen molar-refractivity contribution in [1.29, 1.82) is 0 Å². The standard InChI is InChI=1S/C17H17BrN4O2S3/c1-25-15-5-4-14(26-15)17(19)21-27(23,24)11-6-12(18)16-13(7-11)22(9-20-16)8-10-2-3-10/h4-7,9-10H,2-3,8H2,1H3,(H2,19,21). The third kappa shape index (κ3) is 3.94. The normalized spacial score (nSPS) is 15.6. The maximum atomic E-state index is 12.8. The average Bonchev–Trinajstić information content (AvgIpc) is 3.15. The highest BCUT2D eigenvalue weighted by Gasteiger charge is 2.24. The van der Waals surface area contributed by atoms with E-state index in [2.05, 4.69) is 25.3 Å². The number of thiophene rings is 1. The molecule has 0 atom stereocenters. The van der Waals surface area contributed by atoms with Crippen LogP contribution in [-0.2, 0) is 16.6 Å². The Kier molecular flexibility index (Phi) is 5.08. The molecule has 1 aliphatic rings. The predicted octanol–water partition coefficient (Wildman–Crippen LogP) is 4.09. The molecule has 3 aromatic rings. The fraction of sp³-hybridized carbons (Fsp3) is 0.294. The van der Waals surface area contributed by atoms with Gasteiger partial charge >= 0.3 is 0 Å². The first-order chi connectivity index (χ1) is 12.9. The monoisotopic (exact) mass is 484 g/mol. The van der Waals surface area contributed by atoms with Gasteiger partial charge in [0.1, 0.15) is 5.52 Å². The minimum Gasteiger partial charge on any atom is -0.382 e. The van der Waals surface area contributed by atoms with E-state index < -0.39 is 10.0 Å². The number of thioether (sulfide) groups is 1. The van der Waals surface area contributed by atoms with Gasteiger partial charge in [0, 0.05) is 11.0 Å². The first kappa shape index (κ1) is 19.0. The van der Waals surface area contributed by atoms with Crippen LogP contribution in [-0.4, -0.2) is 30.1 Å². The van der Waals surface area contributed by atoms with E-state index in [1.807, 2.05) is 16.9 Å². The fourth-order valence-electron chi connectivity index (χ4n) is 2.76. The molecule has 2 N–H and O–H groups in total. The summed E-state index contributed by atoms with van der Waals surface area (Å²) in [6, 6.07) is 6.85. The predicted molar refractivity (Wildman–Crippen MR) is 114 cm³/mol. The van der Waals surface area contributed by atoms with E-state index in [4.69, 9.17) is 5.73 Å². The first-order valence-corrected chi connectivity index (χ1v) is 12.5. The molecule has 4 rings (SSSR count). The van der Waals surface area contributed by atoms with E-state index in [-0.39, 0.29) is 10.7 Å². The summed E-state index contributed by atoms with van der Waals surface area (Å²) in [4.78, 5) is 5.14. The summed E-state index contributed by atoms with van der Waals surface area (Å²) < 4.78 is 33.2. The lowest BCUT2D eigenvalue weighted by Crippen LogP contribution is -2.14. The number of imidazole rings is 1. The number of sulfonamides is 1. The van der Waals surface area contributed by atoms with Crippen molar-refractivity contribution in [1.82, 2.24) is 9.55 Å². The summed E-state index contributed by atoms with van der Waals surface area (Å²) in [6.45, 7) is 0.852. The topological polar surface area (TPSA) is 90.3 Å². The van der Waals surface area contributed by atoms with Crippen LogP contribution in [0.3, 0.4) is 0 Å². The molecule has 142 valence electrons. The van der Waals surface area contributed by atoms with Crippen LogP contribution in [0.15, 0.2) is 48.6 Å². The smallest absolute Gasteiger partial charge is 0.284 e. The van der Waals surface area contributed by atoms with Gasteiger partial charge in [0.15, 0.2) is 5.84 Å². The number of fused-ring (bicyclic) bond motifs is 1. The molecule has 27 heavy (non-hydrogen) atoms. The van der Waals surface area contributed by atoms with Crippen LogP contribution in [0, 0.1) is 5.92 Å². The van der Waals surface area contributed by atoms with Gasteiger partial charge in [0.25, 0.3) is 10.0 Å². The van der Waals surface area contributed by atoms with E-state index >= 15 is 0 Å². The average molecular weight is 485 g/mol. The van der Waals surface area contributed by atoms with Crippen molar-refractivity contribution in [3.63, 3.8) is 0 Å². The van der Waals surface area contributed by atoms with E-state index in [0.717, 1.165) is 21.8 Å². The molecule has 0 saturated heterocycles. The van der Waals surface area contributed by atoms with Crippen molar-refractivity contribution in [3.8, 4) is 0 Å². The Bertz CT molecular complexity index is 1150. The molecule has 0 radical (unpaired) electrons. The van der Waals surface area contributed by atoms with Gasteiger partial charge in [-0.3, -0.25) is 0 Å². The number of aromatic nitrogens is 2. The van der Waals surface area contributed by atoms with Gasteiger partial charge in [0.05, 0.1) is 25.8 Å². The van der Waals surface area contributed by atoms with Gasteiger partial charge < -0.3 is 10.3 Å². The Morgan fingerprint density at radius 2 is 2.22 bits per heavy atom. The third-order valence-corrected chi connectivity index (χ3v) is 8.42. The first-order valence-electron chi connectivity index (χ1n) is 8.26. The molecule has 10 heteroatoms. The van der Waals surface area contributed by atoms with Gasteiger partial charge in [-0.15, -0.1) is 27.5 Å². The third-order valence-electron chi connectivity index (χ3n) is 4.36. The Labute approximate surface area is 174 Å². The lowest BCUT2D eigenvalue weighted by atomic mass is 10.3. The molecule has 6 nitrogen and oxygen atoms in total. The van der Waals surface area contributed by atoms with Crippen molar-refractivity contribution in [3.05, 3.63) is 39.9 Å². The molecule has 2 aromatic heterocycles. The molecule has 1 aromatic carbocycles. The highest BCUT2D eigenvalue weighted by molar-refractivity contribution is 9.10. The molecule has 1 saturated carbocycles. The van der Waals surface area contributed by atoms with Gasteiger partial charge in [-0.05, 0) is 65.2 Å². The second kappa shape index (κ2) is 7.23. The van der Waals surface area contributed by atoms with E-state index in [0.29, 0.717) is 15.3 Å². The summed E-state index contributed by atoms with van der Waals surface area (Å²) in [6.07, 6.45) is 6.13. The lowest BCUT2D eigenvalue weighted by Gasteiger charge is -2.06. The maximum absolute atomic E-state index is 12.8. The Morgan fingerprint density at radius 3 is 2.89 bits per heavy atom. The summed E-state index contributed by atoms with van der Waals surface area (Å²) in [5, 5.41) is 0. The number of nitrogens with zero attached hydrogens (tertiary/aromatic N) is 3. The van der Waals surface area contributed by atoms with E-state index in [1.165, 1.54) is 30.2 Å². The number of nitrogens with two attached hydrogens (primary N) is 1. The van der Waals surface area contributed by atoms with Crippen LogP contribution in [0.5, 0.6) is 0 Å². The summed E-state index contributed by atoms with van der Waals surface area (Å²) >= 11 is 6.44. The van der Waals surface area contributed by atoms with Gasteiger partial charge in [-0.25, -0.2) is 4.98 Å². The maximum Gasteiger partial charge on any atom is 0.284 e. The number of benzene rings is 1. The molecular weight excluding hydrogens is 468 g/mol. The zero-order valence-corrected chi connectivity index (χ0v) is 18.5. The number of hydrogen-bond donors (Lipinski definition) is 1. The van der Waals surface area contributed by atoms with Crippen molar-refractivity contribution in [2.24, 2.45) is 16.0 Å². The molecular formula is C17H17BrN4O2S3. The lowest BCUT2D eigenvalue weighted by molar-refractivity contribution is 0.598. The van der Waals surface area contributed by atoms with Crippen molar-refractivity contribution < 1.29 is 8.42 Å². The molecule has 2 heterocycles. The number of hydrogen-bond acceptors (Lipinski definition) is 5. The Morgan fingerprint density at radius 1 is 1.44 bits per heavy atom. The molecule has 0 bridgehead atoms. The fourth-order valence-corrected chi connectivity index (χ4v) is 5.96. The molecule has 0 unspecified atom stereocenters. The van der Waals surface area contributed by atoms with Crippen LogP contribution < -0.4 is 5.73 Å². The van der Waals surface area contributed by atoms with Crippen LogP contribution in [0.4, 0.5) is 0 Å². The number of amidine groups is 1. The van der Waals surface area contributed by atoms with E-state index in [1.54, 1.807) is 30.2 Å².